The number of unbranched alkanes of at least 4 members (excludes halogenated alkanes) is 1. The van der Waals surface area contributed by atoms with Gasteiger partial charge in [-0.2, -0.15) is 0 Å². The van der Waals surface area contributed by atoms with E-state index in [9.17, 15) is 19.5 Å². The Labute approximate surface area is 220 Å². The quantitative estimate of drug-likeness (QED) is 0.241. The first kappa shape index (κ1) is 26.9. The predicted molar refractivity (Wildman–Crippen MR) is 139 cm³/mol. The molecule has 4 rings (SSSR count). The van der Waals surface area contributed by atoms with Gasteiger partial charge in [-0.15, -0.1) is 0 Å². The molecule has 3 fully saturated rings. The normalized spacial score (nSPS) is 30.4. The Morgan fingerprint density at radius 3 is 2.53 bits per heavy atom. The lowest BCUT2D eigenvalue weighted by atomic mass is 9.70. The van der Waals surface area contributed by atoms with Crippen LogP contribution in [0.2, 0.25) is 0 Å². The van der Waals surface area contributed by atoms with E-state index in [2.05, 4.69) is 40.0 Å². The molecule has 2 bridgehead atoms. The second-order valence-electron chi connectivity index (χ2n) is 9.59. The van der Waals surface area contributed by atoms with E-state index in [-0.39, 0.29) is 29.9 Å². The number of rotatable bonds is 11. The van der Waals surface area contributed by atoms with Crippen molar-refractivity contribution >= 4 is 45.1 Å². The Morgan fingerprint density at radius 1 is 1.22 bits per heavy atom. The van der Waals surface area contributed by atoms with E-state index >= 15 is 0 Å². The molecule has 1 aromatic carbocycles. The molecule has 3 saturated heterocycles. The molecule has 3 aliphatic rings. The Kier molecular flexibility index (Phi) is 8.26. The van der Waals surface area contributed by atoms with Crippen molar-refractivity contribution in [2.45, 2.75) is 62.6 Å². The van der Waals surface area contributed by atoms with Crippen LogP contribution in [0.3, 0.4) is 0 Å². The highest BCUT2D eigenvalue weighted by atomic mass is 79.9. The van der Waals surface area contributed by atoms with E-state index in [1.54, 1.807) is 11.8 Å². The summed E-state index contributed by atoms with van der Waals surface area (Å²) in [5.41, 5.74) is 0.580. The molecule has 0 aromatic heterocycles. The van der Waals surface area contributed by atoms with Crippen molar-refractivity contribution < 1.29 is 29.0 Å². The summed E-state index contributed by atoms with van der Waals surface area (Å²) in [6, 6.07) is 6.75. The third kappa shape index (κ3) is 4.52. The van der Waals surface area contributed by atoms with Gasteiger partial charge in [-0.3, -0.25) is 14.4 Å². The van der Waals surface area contributed by atoms with Gasteiger partial charge >= 0.3 is 5.97 Å². The van der Waals surface area contributed by atoms with Crippen molar-refractivity contribution in [1.82, 2.24) is 4.90 Å². The molecule has 0 aliphatic carbocycles. The van der Waals surface area contributed by atoms with Gasteiger partial charge in [-0.25, -0.2) is 0 Å². The van der Waals surface area contributed by atoms with Crippen molar-refractivity contribution in [3.63, 3.8) is 0 Å². The fraction of sp³-hybridized carbons (Fsp3) is 0.654. The third-order valence-corrected chi connectivity index (χ3v) is 8.51. The number of likely N-dealkylation sites (tertiary alicyclic amines) is 1. The first-order valence-corrected chi connectivity index (χ1v) is 13.8. The van der Waals surface area contributed by atoms with Crippen molar-refractivity contribution in [1.29, 1.82) is 0 Å². The zero-order chi connectivity index (χ0) is 26.0. The van der Waals surface area contributed by atoms with Gasteiger partial charge in [-0.05, 0) is 64.3 Å². The SMILES string of the molecule is CCOC(=O)[C@@H]1[C@H]2O[C@@]3(CC2Br)[C@H](C(=O)Nc2ccc(N(CC)CC)cc2)N(CCCCO)C(=O)[C@@H]13. The van der Waals surface area contributed by atoms with E-state index in [0.717, 1.165) is 18.8 Å². The summed E-state index contributed by atoms with van der Waals surface area (Å²) in [5.74, 6) is -2.59. The van der Waals surface area contributed by atoms with Crippen LogP contribution in [0.25, 0.3) is 0 Å². The number of carbonyl (C=O) groups excluding carboxylic acids is 3. The fourth-order valence-corrected chi connectivity index (χ4v) is 7.07. The Morgan fingerprint density at radius 2 is 1.92 bits per heavy atom. The summed E-state index contributed by atoms with van der Waals surface area (Å²) in [4.78, 5) is 44.0. The number of ether oxygens (including phenoxy) is 2. The number of aliphatic hydroxyl groups excluding tert-OH is 1. The maximum Gasteiger partial charge on any atom is 0.312 e. The number of esters is 1. The van der Waals surface area contributed by atoms with Crippen molar-refractivity contribution in [3.8, 4) is 0 Å². The molecule has 10 heteroatoms. The highest BCUT2D eigenvalue weighted by molar-refractivity contribution is 9.09. The molecule has 2 N–H and O–H groups in total. The topological polar surface area (TPSA) is 108 Å². The molecule has 9 nitrogen and oxygen atoms in total. The summed E-state index contributed by atoms with van der Waals surface area (Å²) in [7, 11) is 0. The van der Waals surface area contributed by atoms with Crippen LogP contribution in [0.15, 0.2) is 24.3 Å². The summed E-state index contributed by atoms with van der Waals surface area (Å²) in [6.07, 6.45) is 0.966. The number of nitrogens with one attached hydrogen (secondary N) is 1. The molecule has 198 valence electrons. The number of alkyl halides is 1. The minimum atomic E-state index is -1.11. The molecule has 0 saturated carbocycles. The van der Waals surface area contributed by atoms with E-state index < -0.39 is 35.6 Å². The van der Waals surface area contributed by atoms with Gasteiger partial charge in [0.25, 0.3) is 0 Å². The molecule has 1 aromatic rings. The van der Waals surface area contributed by atoms with Crippen LogP contribution in [-0.2, 0) is 23.9 Å². The van der Waals surface area contributed by atoms with Crippen LogP contribution in [0.1, 0.15) is 40.0 Å². The molecule has 1 spiro atoms. The number of anilines is 2. The van der Waals surface area contributed by atoms with Gasteiger partial charge < -0.3 is 29.7 Å². The van der Waals surface area contributed by atoms with Gasteiger partial charge in [0.05, 0.1) is 24.5 Å². The predicted octanol–water partition coefficient (Wildman–Crippen LogP) is 2.55. The number of hydrogen-bond donors (Lipinski definition) is 2. The van der Waals surface area contributed by atoms with Crippen molar-refractivity contribution in [3.05, 3.63) is 24.3 Å². The lowest BCUT2D eigenvalue weighted by molar-refractivity contribution is -0.154. The molecule has 3 heterocycles. The first-order valence-electron chi connectivity index (χ1n) is 12.9. The van der Waals surface area contributed by atoms with E-state index in [4.69, 9.17) is 9.47 Å². The van der Waals surface area contributed by atoms with Crippen molar-refractivity contribution in [2.24, 2.45) is 11.8 Å². The number of halogens is 1. The molecule has 1 unspecified atom stereocenters. The number of hydrogen-bond acceptors (Lipinski definition) is 7. The highest BCUT2D eigenvalue weighted by Gasteiger charge is 2.76. The second-order valence-corrected chi connectivity index (χ2v) is 10.8. The standard InChI is InChI=1S/C26H36BrN3O6/c1-4-29(5-2)17-11-9-16(10-12-17)28-23(32)22-26-15-18(27)21(36-26)19(25(34)35-6-3)20(26)24(33)30(22)13-7-8-14-31/h9-12,18-22,31H,4-8,13-15H2,1-3H3,(H,28,32)/t18?,19-,20+,21-,22-,26+/m0/s1. The lowest BCUT2D eigenvalue weighted by Gasteiger charge is -2.34. The molecular weight excluding hydrogens is 530 g/mol. The second kappa shape index (κ2) is 11.1. The van der Waals surface area contributed by atoms with Crippen LogP contribution < -0.4 is 10.2 Å². The Hall–Kier alpha value is -2.17. The number of aliphatic hydroxyl groups is 1. The summed E-state index contributed by atoms with van der Waals surface area (Å²) in [5, 5.41) is 12.3. The van der Waals surface area contributed by atoms with Crippen LogP contribution in [-0.4, -0.2) is 83.2 Å². The number of amides is 2. The maximum atomic E-state index is 13.8. The highest BCUT2D eigenvalue weighted by Crippen LogP contribution is 2.60. The summed E-state index contributed by atoms with van der Waals surface area (Å²) >= 11 is 3.64. The summed E-state index contributed by atoms with van der Waals surface area (Å²) in [6.45, 7) is 8.18. The van der Waals surface area contributed by atoms with Gasteiger partial charge in [0.15, 0.2) is 0 Å². The summed E-state index contributed by atoms with van der Waals surface area (Å²) < 4.78 is 11.7. The molecular formula is C26H36BrN3O6. The lowest BCUT2D eigenvalue weighted by Crippen LogP contribution is -2.54. The number of carbonyl (C=O) groups is 3. The fourth-order valence-electron chi connectivity index (χ4n) is 6.13. The Bertz CT molecular complexity index is 971. The monoisotopic (exact) mass is 565 g/mol. The first-order chi connectivity index (χ1) is 17.3. The zero-order valence-corrected chi connectivity index (χ0v) is 22.7. The van der Waals surface area contributed by atoms with Gasteiger partial charge in [0.2, 0.25) is 11.8 Å². The molecule has 3 aliphatic heterocycles. The number of benzene rings is 1. The van der Waals surface area contributed by atoms with E-state index in [1.165, 1.54) is 0 Å². The van der Waals surface area contributed by atoms with E-state index in [0.29, 0.717) is 31.5 Å². The van der Waals surface area contributed by atoms with Gasteiger partial charge in [0, 0.05) is 42.4 Å². The molecule has 36 heavy (non-hydrogen) atoms. The van der Waals surface area contributed by atoms with E-state index in [1.807, 2.05) is 24.3 Å². The smallest absolute Gasteiger partial charge is 0.312 e. The average molecular weight is 566 g/mol. The maximum absolute atomic E-state index is 13.8. The number of nitrogens with zero attached hydrogens (tertiary/aromatic N) is 2. The average Bonchev–Trinajstić information content (AvgIpc) is 3.45. The van der Waals surface area contributed by atoms with Crippen LogP contribution in [0.5, 0.6) is 0 Å². The molecule has 2 amide bonds. The minimum Gasteiger partial charge on any atom is -0.466 e. The zero-order valence-electron chi connectivity index (χ0n) is 21.1. The van der Waals surface area contributed by atoms with Crippen molar-refractivity contribution in [2.75, 3.05) is 43.1 Å². The molecule has 6 atom stereocenters. The number of fused-ring (bicyclic) bond motifs is 1. The third-order valence-electron chi connectivity index (χ3n) is 7.67. The molecule has 0 radical (unpaired) electrons. The van der Waals surface area contributed by atoms with Crippen LogP contribution in [0.4, 0.5) is 11.4 Å². The van der Waals surface area contributed by atoms with Gasteiger partial charge in [0.1, 0.15) is 11.6 Å². The largest absolute Gasteiger partial charge is 0.466 e. The van der Waals surface area contributed by atoms with Crippen LogP contribution >= 0.6 is 15.9 Å². The minimum absolute atomic E-state index is 0.000148. The Balaban J connectivity index is 1.63. The van der Waals surface area contributed by atoms with Gasteiger partial charge in [-0.1, -0.05) is 15.9 Å². The van der Waals surface area contributed by atoms with Crippen LogP contribution in [0, 0.1) is 11.8 Å².